The van der Waals surface area contributed by atoms with E-state index in [0.717, 1.165) is 10.0 Å². The van der Waals surface area contributed by atoms with Gasteiger partial charge in [-0.1, -0.05) is 52.3 Å². The van der Waals surface area contributed by atoms with Crippen LogP contribution in [0.1, 0.15) is 26.3 Å². The van der Waals surface area contributed by atoms with Gasteiger partial charge in [0.2, 0.25) is 0 Å². The van der Waals surface area contributed by atoms with Crippen molar-refractivity contribution in [2.45, 2.75) is 6.54 Å². The van der Waals surface area contributed by atoms with E-state index in [2.05, 4.69) is 26.6 Å². The molecule has 0 saturated carbocycles. The predicted molar refractivity (Wildman–Crippen MR) is 106 cm³/mol. The van der Waals surface area contributed by atoms with Crippen molar-refractivity contribution < 1.29 is 9.59 Å². The third kappa shape index (κ3) is 4.80. The number of amides is 2. The molecule has 0 saturated heterocycles. The molecule has 0 fully saturated rings. The summed E-state index contributed by atoms with van der Waals surface area (Å²) < 4.78 is 0.843. The Labute approximate surface area is 160 Å². The highest BCUT2D eigenvalue weighted by Gasteiger charge is 2.08. The van der Waals surface area contributed by atoms with Crippen LogP contribution in [0.5, 0.6) is 0 Å². The van der Waals surface area contributed by atoms with Gasteiger partial charge in [0.05, 0.1) is 0 Å². The average Bonchev–Trinajstić information content (AvgIpc) is 2.67. The number of nitrogens with one attached hydrogen (secondary N) is 2. The molecule has 0 aromatic heterocycles. The molecule has 130 valence electrons. The lowest BCUT2D eigenvalue weighted by Crippen LogP contribution is -2.22. The summed E-state index contributed by atoms with van der Waals surface area (Å²) in [4.78, 5) is 24.4. The van der Waals surface area contributed by atoms with Gasteiger partial charge in [0, 0.05) is 27.8 Å². The smallest absolute Gasteiger partial charge is 0.255 e. The topological polar surface area (TPSA) is 58.2 Å². The Hall–Kier alpha value is -2.92. The minimum absolute atomic E-state index is 0.154. The van der Waals surface area contributed by atoms with E-state index in [1.54, 1.807) is 42.5 Å². The van der Waals surface area contributed by atoms with Gasteiger partial charge in [-0.3, -0.25) is 9.59 Å². The standard InChI is InChI=1S/C21H17BrN2O2/c22-18-8-4-7-17(13-18)21(26)24-19-11-9-16(10-12-19)20(25)23-14-15-5-2-1-3-6-15/h1-13H,14H2,(H,23,25)(H,24,26). The van der Waals surface area contributed by atoms with Crippen LogP contribution in [0.4, 0.5) is 5.69 Å². The number of carbonyl (C=O) groups excluding carboxylic acids is 2. The highest BCUT2D eigenvalue weighted by Crippen LogP contribution is 2.15. The lowest BCUT2D eigenvalue weighted by Gasteiger charge is -2.08. The van der Waals surface area contributed by atoms with E-state index in [4.69, 9.17) is 0 Å². The quantitative estimate of drug-likeness (QED) is 0.646. The summed E-state index contributed by atoms with van der Waals surface area (Å²) in [5.74, 6) is -0.355. The maximum atomic E-state index is 12.2. The van der Waals surface area contributed by atoms with Crippen LogP contribution in [0.3, 0.4) is 0 Å². The lowest BCUT2D eigenvalue weighted by molar-refractivity contribution is 0.0950. The molecule has 0 heterocycles. The maximum absolute atomic E-state index is 12.2. The van der Waals surface area contributed by atoms with E-state index in [-0.39, 0.29) is 11.8 Å². The maximum Gasteiger partial charge on any atom is 0.255 e. The van der Waals surface area contributed by atoms with Crippen LogP contribution >= 0.6 is 15.9 Å². The Kier molecular flexibility index (Phi) is 5.81. The van der Waals surface area contributed by atoms with E-state index in [9.17, 15) is 9.59 Å². The molecule has 4 nitrogen and oxygen atoms in total. The first-order valence-corrected chi connectivity index (χ1v) is 8.90. The number of rotatable bonds is 5. The van der Waals surface area contributed by atoms with Gasteiger partial charge in [-0.2, -0.15) is 0 Å². The SMILES string of the molecule is O=C(NCc1ccccc1)c1ccc(NC(=O)c2cccc(Br)c2)cc1. The third-order valence-corrected chi connectivity index (χ3v) is 4.28. The number of hydrogen-bond acceptors (Lipinski definition) is 2. The Morgan fingerprint density at radius 2 is 1.50 bits per heavy atom. The minimum atomic E-state index is -0.201. The van der Waals surface area contributed by atoms with Gasteiger partial charge in [-0.15, -0.1) is 0 Å². The minimum Gasteiger partial charge on any atom is -0.348 e. The van der Waals surface area contributed by atoms with Gasteiger partial charge >= 0.3 is 0 Å². The van der Waals surface area contributed by atoms with E-state index in [0.29, 0.717) is 23.4 Å². The van der Waals surface area contributed by atoms with Gasteiger partial charge in [0.25, 0.3) is 11.8 Å². The summed E-state index contributed by atoms with van der Waals surface area (Å²) >= 11 is 3.35. The summed E-state index contributed by atoms with van der Waals surface area (Å²) in [5, 5.41) is 5.69. The molecule has 0 unspecified atom stereocenters. The summed E-state index contributed by atoms with van der Waals surface area (Å²) in [7, 11) is 0. The number of hydrogen-bond donors (Lipinski definition) is 2. The fourth-order valence-corrected chi connectivity index (χ4v) is 2.82. The monoisotopic (exact) mass is 408 g/mol. The molecule has 0 radical (unpaired) electrons. The second kappa shape index (κ2) is 8.45. The van der Waals surface area contributed by atoms with Gasteiger partial charge in [-0.05, 0) is 48.0 Å². The second-order valence-corrected chi connectivity index (χ2v) is 6.63. The molecule has 2 N–H and O–H groups in total. The average molecular weight is 409 g/mol. The van der Waals surface area contributed by atoms with Crippen LogP contribution < -0.4 is 10.6 Å². The molecule has 0 aliphatic carbocycles. The highest BCUT2D eigenvalue weighted by atomic mass is 79.9. The molecule has 0 spiro atoms. The molecule has 0 bridgehead atoms. The van der Waals surface area contributed by atoms with Gasteiger partial charge in [-0.25, -0.2) is 0 Å². The van der Waals surface area contributed by atoms with Gasteiger partial charge in [0.15, 0.2) is 0 Å². The fraction of sp³-hybridized carbons (Fsp3) is 0.0476. The number of halogens is 1. The van der Waals surface area contributed by atoms with Crippen LogP contribution in [0, 0.1) is 0 Å². The zero-order chi connectivity index (χ0) is 18.4. The van der Waals surface area contributed by atoms with Crippen LogP contribution in [0.2, 0.25) is 0 Å². The summed E-state index contributed by atoms with van der Waals surface area (Å²) in [5.41, 5.74) is 2.78. The Balaban J connectivity index is 1.59. The third-order valence-electron chi connectivity index (χ3n) is 3.79. The molecule has 3 rings (SSSR count). The summed E-state index contributed by atoms with van der Waals surface area (Å²) in [6.45, 7) is 0.473. The molecular weight excluding hydrogens is 392 g/mol. The summed E-state index contributed by atoms with van der Waals surface area (Å²) in [6, 6.07) is 23.7. The first kappa shape index (κ1) is 17.9. The zero-order valence-corrected chi connectivity index (χ0v) is 15.5. The molecule has 0 aliphatic heterocycles. The molecule has 3 aromatic carbocycles. The van der Waals surface area contributed by atoms with E-state index in [1.165, 1.54) is 0 Å². The molecule has 26 heavy (non-hydrogen) atoms. The van der Waals surface area contributed by atoms with Crippen LogP contribution in [0.25, 0.3) is 0 Å². The summed E-state index contributed by atoms with van der Waals surface area (Å²) in [6.07, 6.45) is 0. The normalized spacial score (nSPS) is 10.2. The van der Waals surface area contributed by atoms with Crippen molar-refractivity contribution in [2.24, 2.45) is 0 Å². The zero-order valence-electron chi connectivity index (χ0n) is 13.9. The molecule has 3 aromatic rings. The van der Waals surface area contributed by atoms with Crippen molar-refractivity contribution in [3.8, 4) is 0 Å². The van der Waals surface area contributed by atoms with Gasteiger partial charge in [0.1, 0.15) is 0 Å². The largest absolute Gasteiger partial charge is 0.348 e. The number of benzene rings is 3. The predicted octanol–water partition coefficient (Wildman–Crippen LogP) is 4.63. The second-order valence-electron chi connectivity index (χ2n) is 5.71. The van der Waals surface area contributed by atoms with E-state index >= 15 is 0 Å². The molecule has 2 amide bonds. The number of anilines is 1. The van der Waals surface area contributed by atoms with Crippen molar-refractivity contribution in [3.63, 3.8) is 0 Å². The van der Waals surface area contributed by atoms with Crippen LogP contribution in [-0.4, -0.2) is 11.8 Å². The van der Waals surface area contributed by atoms with Crippen LogP contribution in [-0.2, 0) is 6.54 Å². The molecular formula is C21H17BrN2O2. The lowest BCUT2D eigenvalue weighted by atomic mass is 10.1. The highest BCUT2D eigenvalue weighted by molar-refractivity contribution is 9.10. The van der Waals surface area contributed by atoms with E-state index in [1.807, 2.05) is 36.4 Å². The van der Waals surface area contributed by atoms with Crippen molar-refractivity contribution in [1.82, 2.24) is 5.32 Å². The first-order chi connectivity index (χ1) is 12.6. The Morgan fingerprint density at radius 3 is 2.19 bits per heavy atom. The molecule has 5 heteroatoms. The van der Waals surface area contributed by atoms with Crippen LogP contribution in [0.15, 0.2) is 83.3 Å². The van der Waals surface area contributed by atoms with Crippen molar-refractivity contribution >= 4 is 33.4 Å². The molecule has 0 aliphatic rings. The number of carbonyl (C=O) groups is 2. The Bertz CT molecular complexity index is 909. The first-order valence-electron chi connectivity index (χ1n) is 8.11. The molecule has 0 atom stereocenters. The Morgan fingerprint density at radius 1 is 0.769 bits per heavy atom. The van der Waals surface area contributed by atoms with Crippen molar-refractivity contribution in [1.29, 1.82) is 0 Å². The van der Waals surface area contributed by atoms with E-state index < -0.39 is 0 Å². The van der Waals surface area contributed by atoms with Crippen molar-refractivity contribution in [3.05, 3.63) is 100 Å². The van der Waals surface area contributed by atoms with Gasteiger partial charge < -0.3 is 10.6 Å². The van der Waals surface area contributed by atoms with Crippen molar-refractivity contribution in [2.75, 3.05) is 5.32 Å². The fourth-order valence-electron chi connectivity index (χ4n) is 2.42.